The molecule has 0 unspecified atom stereocenters. The zero-order chi connectivity index (χ0) is 14.1. The fraction of sp³-hybridized carbons (Fsp3) is 0.222. The van der Waals surface area contributed by atoms with Gasteiger partial charge in [-0.15, -0.1) is 0 Å². The van der Waals surface area contributed by atoms with E-state index in [1.807, 2.05) is 0 Å². The summed E-state index contributed by atoms with van der Waals surface area (Å²) in [5, 5.41) is 1.26. The molecule has 0 spiro atoms. The van der Waals surface area contributed by atoms with Gasteiger partial charge in [0.2, 0.25) is 0 Å². The lowest BCUT2D eigenvalue weighted by Gasteiger charge is -2.09. The Bertz CT molecular complexity index is 753. The minimum atomic E-state index is 0.584. The Hall–Kier alpha value is -2.06. The van der Waals surface area contributed by atoms with Gasteiger partial charge in [-0.1, -0.05) is 42.0 Å². The third-order valence-corrected chi connectivity index (χ3v) is 3.93. The summed E-state index contributed by atoms with van der Waals surface area (Å²) in [7, 11) is 0. The maximum absolute atomic E-state index is 5.86. The molecule has 2 nitrogen and oxygen atoms in total. The van der Waals surface area contributed by atoms with Gasteiger partial charge in [0.15, 0.2) is 0 Å². The molecule has 20 heavy (non-hydrogen) atoms. The first-order valence-electron chi connectivity index (χ1n) is 7.02. The minimum Gasteiger partial charge on any atom is -0.343 e. The van der Waals surface area contributed by atoms with Crippen molar-refractivity contribution in [1.29, 1.82) is 0 Å². The van der Waals surface area contributed by atoms with Crippen LogP contribution in [0.5, 0.6) is 0 Å². The molecule has 0 saturated carbocycles. The molecule has 3 aromatic rings. The molecule has 0 aliphatic heterocycles. The van der Waals surface area contributed by atoms with E-state index in [0.717, 1.165) is 6.54 Å². The predicted octanol–water partition coefficient (Wildman–Crippen LogP) is 3.77. The highest BCUT2D eigenvalue weighted by atomic mass is 15.0. The Morgan fingerprint density at radius 1 is 1.00 bits per heavy atom. The molecule has 0 aliphatic carbocycles. The van der Waals surface area contributed by atoms with Crippen molar-refractivity contribution in [1.82, 2.24) is 4.57 Å². The number of fused-ring (bicyclic) bond motifs is 1. The molecular weight excluding hydrogens is 244 g/mol. The second-order valence-electron chi connectivity index (χ2n) is 5.43. The molecule has 1 aromatic heterocycles. The Morgan fingerprint density at radius 3 is 2.55 bits per heavy atom. The molecule has 1 heterocycles. The van der Waals surface area contributed by atoms with E-state index in [-0.39, 0.29) is 0 Å². The summed E-state index contributed by atoms with van der Waals surface area (Å²) < 4.78 is 2.30. The molecule has 0 bridgehead atoms. The lowest BCUT2D eigenvalue weighted by atomic mass is 10.1. The summed E-state index contributed by atoms with van der Waals surface area (Å²) >= 11 is 0. The monoisotopic (exact) mass is 264 g/mol. The van der Waals surface area contributed by atoms with Crippen LogP contribution in [0.1, 0.15) is 22.3 Å². The van der Waals surface area contributed by atoms with E-state index in [1.54, 1.807) is 0 Å². The van der Waals surface area contributed by atoms with Gasteiger partial charge in [-0.05, 0) is 36.6 Å². The minimum absolute atomic E-state index is 0.584. The zero-order valence-corrected chi connectivity index (χ0v) is 12.1. The number of aromatic nitrogens is 1. The second-order valence-corrected chi connectivity index (χ2v) is 5.43. The first kappa shape index (κ1) is 12.9. The van der Waals surface area contributed by atoms with Crippen molar-refractivity contribution in [2.75, 3.05) is 0 Å². The van der Waals surface area contributed by atoms with Gasteiger partial charge in [0, 0.05) is 30.2 Å². The maximum Gasteiger partial charge on any atom is 0.0486 e. The molecule has 3 rings (SSSR count). The van der Waals surface area contributed by atoms with Crippen LogP contribution < -0.4 is 5.73 Å². The summed E-state index contributed by atoms with van der Waals surface area (Å²) in [5.41, 5.74) is 12.3. The topological polar surface area (TPSA) is 30.9 Å². The van der Waals surface area contributed by atoms with Crippen molar-refractivity contribution in [2.45, 2.75) is 26.9 Å². The van der Waals surface area contributed by atoms with E-state index >= 15 is 0 Å². The van der Waals surface area contributed by atoms with Crippen LogP contribution in [0.2, 0.25) is 0 Å². The van der Waals surface area contributed by atoms with Crippen LogP contribution >= 0.6 is 0 Å². The second kappa shape index (κ2) is 5.14. The van der Waals surface area contributed by atoms with E-state index in [9.17, 15) is 0 Å². The highest BCUT2D eigenvalue weighted by molar-refractivity contribution is 5.84. The lowest BCUT2D eigenvalue weighted by Crippen LogP contribution is -2.00. The standard InChI is InChI=1S/C18H20N2/c1-13-7-8-15(14(2)9-13)11-20-12-16(10-19)17-5-3-4-6-18(17)20/h3-9,12H,10-11,19H2,1-2H3. The van der Waals surface area contributed by atoms with Crippen LogP contribution in [0.4, 0.5) is 0 Å². The van der Waals surface area contributed by atoms with Gasteiger partial charge in [0.25, 0.3) is 0 Å². The molecule has 102 valence electrons. The number of nitrogens with zero attached hydrogens (tertiary/aromatic N) is 1. The van der Waals surface area contributed by atoms with Gasteiger partial charge in [-0.3, -0.25) is 0 Å². The molecule has 0 fully saturated rings. The molecule has 2 heteroatoms. The van der Waals surface area contributed by atoms with Crippen LogP contribution in [-0.2, 0) is 13.1 Å². The average molecular weight is 264 g/mol. The van der Waals surface area contributed by atoms with Gasteiger partial charge in [0.1, 0.15) is 0 Å². The molecular formula is C18H20N2. The van der Waals surface area contributed by atoms with Crippen molar-refractivity contribution >= 4 is 10.9 Å². The van der Waals surface area contributed by atoms with E-state index in [2.05, 4.69) is 67.1 Å². The molecule has 2 N–H and O–H groups in total. The van der Waals surface area contributed by atoms with Crippen molar-refractivity contribution in [3.05, 3.63) is 70.9 Å². The van der Waals surface area contributed by atoms with Gasteiger partial charge in [-0.25, -0.2) is 0 Å². The fourth-order valence-electron chi connectivity index (χ4n) is 2.82. The van der Waals surface area contributed by atoms with Crippen molar-refractivity contribution < 1.29 is 0 Å². The number of benzene rings is 2. The number of para-hydroxylation sites is 1. The van der Waals surface area contributed by atoms with Crippen LogP contribution in [0.3, 0.4) is 0 Å². The number of rotatable bonds is 3. The van der Waals surface area contributed by atoms with E-state index < -0.39 is 0 Å². The lowest BCUT2D eigenvalue weighted by molar-refractivity contribution is 0.823. The van der Waals surface area contributed by atoms with E-state index in [1.165, 1.54) is 33.2 Å². The number of nitrogens with two attached hydrogens (primary N) is 1. The summed E-state index contributed by atoms with van der Waals surface area (Å²) in [4.78, 5) is 0. The molecule has 0 aliphatic rings. The predicted molar refractivity (Wildman–Crippen MR) is 84.8 cm³/mol. The maximum atomic E-state index is 5.86. The largest absolute Gasteiger partial charge is 0.343 e. The summed E-state index contributed by atoms with van der Waals surface area (Å²) in [6.07, 6.45) is 2.18. The number of hydrogen-bond donors (Lipinski definition) is 1. The molecule has 0 saturated heterocycles. The van der Waals surface area contributed by atoms with Crippen molar-refractivity contribution in [2.24, 2.45) is 5.73 Å². The fourth-order valence-corrected chi connectivity index (χ4v) is 2.82. The van der Waals surface area contributed by atoms with Crippen LogP contribution in [0.25, 0.3) is 10.9 Å². The van der Waals surface area contributed by atoms with Crippen LogP contribution in [0, 0.1) is 13.8 Å². The zero-order valence-electron chi connectivity index (χ0n) is 12.1. The van der Waals surface area contributed by atoms with E-state index in [0.29, 0.717) is 6.54 Å². The van der Waals surface area contributed by atoms with Crippen LogP contribution in [-0.4, -0.2) is 4.57 Å². The summed E-state index contributed by atoms with van der Waals surface area (Å²) in [6, 6.07) is 15.1. The Balaban J connectivity index is 2.06. The smallest absolute Gasteiger partial charge is 0.0486 e. The first-order chi connectivity index (χ1) is 9.69. The van der Waals surface area contributed by atoms with Gasteiger partial charge >= 0.3 is 0 Å². The quantitative estimate of drug-likeness (QED) is 0.767. The average Bonchev–Trinajstić information content (AvgIpc) is 2.80. The first-order valence-corrected chi connectivity index (χ1v) is 7.02. The Kier molecular flexibility index (Phi) is 3.33. The van der Waals surface area contributed by atoms with E-state index in [4.69, 9.17) is 5.73 Å². The molecule has 0 atom stereocenters. The number of aryl methyl sites for hydroxylation is 2. The Morgan fingerprint density at radius 2 is 1.80 bits per heavy atom. The highest BCUT2D eigenvalue weighted by Crippen LogP contribution is 2.23. The molecule has 2 aromatic carbocycles. The van der Waals surface area contributed by atoms with Gasteiger partial charge < -0.3 is 10.3 Å². The summed E-state index contributed by atoms with van der Waals surface area (Å²) in [6.45, 7) is 5.79. The Labute approximate surface area is 119 Å². The van der Waals surface area contributed by atoms with Gasteiger partial charge in [0.05, 0.1) is 0 Å². The SMILES string of the molecule is Cc1ccc(Cn2cc(CN)c3ccccc32)c(C)c1. The van der Waals surface area contributed by atoms with Gasteiger partial charge in [-0.2, -0.15) is 0 Å². The summed E-state index contributed by atoms with van der Waals surface area (Å²) in [5.74, 6) is 0. The third kappa shape index (κ3) is 2.23. The van der Waals surface area contributed by atoms with Crippen molar-refractivity contribution in [3.8, 4) is 0 Å². The molecule has 0 radical (unpaired) electrons. The highest BCUT2D eigenvalue weighted by Gasteiger charge is 2.08. The van der Waals surface area contributed by atoms with Crippen LogP contribution in [0.15, 0.2) is 48.7 Å². The normalized spacial score (nSPS) is 11.2. The molecule has 0 amide bonds. The number of hydrogen-bond acceptors (Lipinski definition) is 1. The van der Waals surface area contributed by atoms with Crippen molar-refractivity contribution in [3.63, 3.8) is 0 Å². The third-order valence-electron chi connectivity index (χ3n) is 3.93.